The van der Waals surface area contributed by atoms with E-state index in [2.05, 4.69) is 9.62 Å². The molecule has 8 heteroatoms. The smallest absolute Gasteiger partial charge is 0.241 e. The number of rotatable bonds is 5. The predicted molar refractivity (Wildman–Crippen MR) is 129 cm³/mol. The first-order valence-electron chi connectivity index (χ1n) is 10.6. The standard InChI is InChI=1S/C24H26ClN3O3S/c1-17-7-9-21(25)16-23(17)27-11-13-28(14-12-27)24(29)18(2)26-32(30,31)22-10-8-19-5-3-4-6-20(19)15-22/h3-10,15-16,18,26H,11-14H2,1-2H3/t18-/m1/s1. The molecule has 1 N–H and O–H groups in total. The minimum atomic E-state index is -3.82. The summed E-state index contributed by atoms with van der Waals surface area (Å²) in [6.45, 7) is 6.00. The van der Waals surface area contributed by atoms with Crippen molar-refractivity contribution in [1.29, 1.82) is 0 Å². The lowest BCUT2D eigenvalue weighted by atomic mass is 10.1. The molecule has 0 saturated carbocycles. The van der Waals surface area contributed by atoms with Crippen LogP contribution in [-0.2, 0) is 14.8 Å². The fraction of sp³-hybridized carbons (Fsp3) is 0.292. The van der Waals surface area contributed by atoms with Gasteiger partial charge >= 0.3 is 0 Å². The van der Waals surface area contributed by atoms with Crippen molar-refractivity contribution >= 4 is 44.0 Å². The maximum atomic E-state index is 12.9. The average molecular weight is 472 g/mol. The number of carbonyl (C=O) groups excluding carboxylic acids is 1. The van der Waals surface area contributed by atoms with Crippen LogP contribution in [-0.4, -0.2) is 51.4 Å². The molecule has 1 saturated heterocycles. The third-order valence-corrected chi connectivity index (χ3v) is 7.61. The third kappa shape index (κ3) is 4.75. The molecule has 0 aliphatic carbocycles. The highest BCUT2D eigenvalue weighted by atomic mass is 35.5. The minimum absolute atomic E-state index is 0.150. The second-order valence-electron chi connectivity index (χ2n) is 8.10. The van der Waals surface area contributed by atoms with Crippen molar-refractivity contribution in [3.05, 3.63) is 71.2 Å². The molecule has 6 nitrogen and oxygen atoms in total. The van der Waals surface area contributed by atoms with Gasteiger partial charge in [0.15, 0.2) is 0 Å². The summed E-state index contributed by atoms with van der Waals surface area (Å²) < 4.78 is 28.3. The van der Waals surface area contributed by atoms with Gasteiger partial charge < -0.3 is 9.80 Å². The quantitative estimate of drug-likeness (QED) is 0.614. The number of sulfonamides is 1. The number of amides is 1. The number of benzene rings is 3. The van der Waals surface area contributed by atoms with Crippen molar-refractivity contribution in [2.24, 2.45) is 0 Å². The molecule has 168 valence electrons. The molecule has 1 aliphatic heterocycles. The Labute approximate surface area is 193 Å². The van der Waals surface area contributed by atoms with Crippen LogP contribution in [0.2, 0.25) is 5.02 Å². The number of anilines is 1. The monoisotopic (exact) mass is 471 g/mol. The second-order valence-corrected chi connectivity index (χ2v) is 10.2. The molecule has 0 aromatic heterocycles. The fourth-order valence-corrected chi connectivity index (χ4v) is 5.45. The Morgan fingerprint density at radius 3 is 2.38 bits per heavy atom. The largest absolute Gasteiger partial charge is 0.368 e. The van der Waals surface area contributed by atoms with Crippen LogP contribution in [0.1, 0.15) is 12.5 Å². The normalized spacial score (nSPS) is 15.7. The van der Waals surface area contributed by atoms with Gasteiger partial charge in [0.25, 0.3) is 0 Å². The summed E-state index contributed by atoms with van der Waals surface area (Å²) >= 11 is 6.14. The van der Waals surface area contributed by atoms with Gasteiger partial charge in [-0.05, 0) is 54.4 Å². The van der Waals surface area contributed by atoms with E-state index in [-0.39, 0.29) is 10.8 Å². The highest BCUT2D eigenvalue weighted by Gasteiger charge is 2.28. The first-order chi connectivity index (χ1) is 15.2. The molecule has 0 unspecified atom stereocenters. The minimum Gasteiger partial charge on any atom is -0.368 e. The van der Waals surface area contributed by atoms with E-state index in [1.54, 1.807) is 30.0 Å². The van der Waals surface area contributed by atoms with Gasteiger partial charge in [-0.3, -0.25) is 4.79 Å². The number of fused-ring (bicyclic) bond motifs is 1. The van der Waals surface area contributed by atoms with Crippen LogP contribution in [0, 0.1) is 6.92 Å². The van der Waals surface area contributed by atoms with Gasteiger partial charge in [0.2, 0.25) is 15.9 Å². The fourth-order valence-electron chi connectivity index (χ4n) is 4.05. The summed E-state index contributed by atoms with van der Waals surface area (Å²) in [5.74, 6) is -0.225. The number of nitrogens with one attached hydrogen (secondary N) is 1. The predicted octanol–water partition coefficient (Wildman–Crippen LogP) is 3.82. The number of hydrogen-bond acceptors (Lipinski definition) is 4. The van der Waals surface area contributed by atoms with E-state index >= 15 is 0 Å². The van der Waals surface area contributed by atoms with Crippen LogP contribution in [0.15, 0.2) is 65.6 Å². The summed E-state index contributed by atoms with van der Waals surface area (Å²) in [5.41, 5.74) is 2.19. The van der Waals surface area contributed by atoms with Crippen LogP contribution in [0.5, 0.6) is 0 Å². The SMILES string of the molecule is Cc1ccc(Cl)cc1N1CCN(C(=O)[C@@H](C)NS(=O)(=O)c2ccc3ccccc3c2)CC1. The number of halogens is 1. The molecule has 1 fully saturated rings. The van der Waals surface area contributed by atoms with Gasteiger partial charge in [-0.25, -0.2) is 8.42 Å². The molecule has 3 aromatic rings. The summed E-state index contributed by atoms with van der Waals surface area (Å²) in [7, 11) is -3.82. The number of carbonyl (C=O) groups is 1. The number of nitrogens with zero attached hydrogens (tertiary/aromatic N) is 2. The zero-order valence-electron chi connectivity index (χ0n) is 18.1. The van der Waals surface area contributed by atoms with E-state index in [9.17, 15) is 13.2 Å². The molecule has 1 atom stereocenters. The topological polar surface area (TPSA) is 69.7 Å². The maximum Gasteiger partial charge on any atom is 0.241 e. The Balaban J connectivity index is 1.40. The van der Waals surface area contributed by atoms with Crippen molar-refractivity contribution in [1.82, 2.24) is 9.62 Å². The Bertz CT molecular complexity index is 1250. The van der Waals surface area contributed by atoms with Gasteiger partial charge in [-0.1, -0.05) is 48.0 Å². The molecule has 0 bridgehead atoms. The van der Waals surface area contributed by atoms with Crippen LogP contribution in [0.4, 0.5) is 5.69 Å². The molecular formula is C24H26ClN3O3S. The summed E-state index contributed by atoms with van der Waals surface area (Å²) in [6.07, 6.45) is 0. The molecule has 1 aliphatic rings. The second kappa shape index (κ2) is 9.10. The van der Waals surface area contributed by atoms with Crippen molar-refractivity contribution in [2.45, 2.75) is 24.8 Å². The Morgan fingerprint density at radius 2 is 1.66 bits per heavy atom. The molecule has 1 heterocycles. The van der Waals surface area contributed by atoms with Gasteiger partial charge in [0.1, 0.15) is 0 Å². The zero-order chi connectivity index (χ0) is 22.9. The van der Waals surface area contributed by atoms with Gasteiger partial charge in [0, 0.05) is 36.9 Å². The molecule has 1 amide bonds. The van der Waals surface area contributed by atoms with Crippen molar-refractivity contribution in [2.75, 3.05) is 31.1 Å². The number of aryl methyl sites for hydroxylation is 1. The summed E-state index contributed by atoms with van der Waals surface area (Å²) in [5, 5.41) is 2.48. The molecule has 0 spiro atoms. The molecular weight excluding hydrogens is 446 g/mol. The molecule has 32 heavy (non-hydrogen) atoms. The third-order valence-electron chi connectivity index (χ3n) is 5.84. The molecule has 0 radical (unpaired) electrons. The van der Waals surface area contributed by atoms with Crippen molar-refractivity contribution in [3.63, 3.8) is 0 Å². The van der Waals surface area contributed by atoms with E-state index in [0.29, 0.717) is 31.2 Å². The van der Waals surface area contributed by atoms with E-state index in [0.717, 1.165) is 22.0 Å². The lowest BCUT2D eigenvalue weighted by Gasteiger charge is -2.37. The van der Waals surface area contributed by atoms with E-state index < -0.39 is 16.1 Å². The number of piperazine rings is 1. The zero-order valence-corrected chi connectivity index (χ0v) is 19.7. The summed E-state index contributed by atoms with van der Waals surface area (Å²) in [6, 6.07) is 17.5. The van der Waals surface area contributed by atoms with Crippen LogP contribution in [0.25, 0.3) is 10.8 Å². The van der Waals surface area contributed by atoms with Crippen LogP contribution >= 0.6 is 11.6 Å². The van der Waals surface area contributed by atoms with Gasteiger partial charge in [-0.15, -0.1) is 0 Å². The van der Waals surface area contributed by atoms with E-state index in [1.165, 1.54) is 0 Å². The van der Waals surface area contributed by atoms with E-state index in [4.69, 9.17) is 11.6 Å². The van der Waals surface area contributed by atoms with E-state index in [1.807, 2.05) is 49.4 Å². The van der Waals surface area contributed by atoms with Crippen molar-refractivity contribution < 1.29 is 13.2 Å². The lowest BCUT2D eigenvalue weighted by Crippen LogP contribution is -2.54. The highest BCUT2D eigenvalue weighted by Crippen LogP contribution is 2.25. The van der Waals surface area contributed by atoms with Crippen molar-refractivity contribution in [3.8, 4) is 0 Å². The Hall–Kier alpha value is -2.61. The van der Waals surface area contributed by atoms with Gasteiger partial charge in [0.05, 0.1) is 10.9 Å². The molecule has 3 aromatic carbocycles. The maximum absolute atomic E-state index is 12.9. The molecule has 4 rings (SSSR count). The first kappa shape index (κ1) is 22.6. The Morgan fingerprint density at radius 1 is 0.969 bits per heavy atom. The van der Waals surface area contributed by atoms with Crippen LogP contribution < -0.4 is 9.62 Å². The highest BCUT2D eigenvalue weighted by molar-refractivity contribution is 7.89. The van der Waals surface area contributed by atoms with Gasteiger partial charge in [-0.2, -0.15) is 4.72 Å². The number of hydrogen-bond donors (Lipinski definition) is 1. The lowest BCUT2D eigenvalue weighted by molar-refractivity contribution is -0.132. The first-order valence-corrected chi connectivity index (χ1v) is 12.4. The average Bonchev–Trinajstić information content (AvgIpc) is 2.79. The Kier molecular flexibility index (Phi) is 6.42. The summed E-state index contributed by atoms with van der Waals surface area (Å²) in [4.78, 5) is 17.0. The van der Waals surface area contributed by atoms with Crippen LogP contribution in [0.3, 0.4) is 0 Å².